The standard InChI is InChI=1S/C14H13ClF3N5O3S/c1-8-11(15)13(14(16,17)18)20-23(8)7-3-6-19-27(24,25)10-5-2-4-9-12(10)22-26-21-9/h2,4-5,19H,3,6-7H2,1H3. The molecule has 8 nitrogen and oxygen atoms in total. The molecule has 0 saturated carbocycles. The normalized spacial score (nSPS) is 12.8. The van der Waals surface area contributed by atoms with Gasteiger partial charge in [-0.25, -0.2) is 17.8 Å². The van der Waals surface area contributed by atoms with Crippen molar-refractivity contribution in [2.24, 2.45) is 0 Å². The van der Waals surface area contributed by atoms with Crippen LogP contribution in [-0.4, -0.2) is 35.1 Å². The van der Waals surface area contributed by atoms with Crippen molar-refractivity contribution in [3.63, 3.8) is 0 Å². The van der Waals surface area contributed by atoms with E-state index >= 15 is 0 Å². The number of hydrogen-bond acceptors (Lipinski definition) is 6. The van der Waals surface area contributed by atoms with Gasteiger partial charge in [-0.3, -0.25) is 4.68 Å². The van der Waals surface area contributed by atoms with Crippen LogP contribution in [0.4, 0.5) is 13.2 Å². The summed E-state index contributed by atoms with van der Waals surface area (Å²) in [4.78, 5) is -0.0982. The minimum Gasteiger partial charge on any atom is -0.268 e. The smallest absolute Gasteiger partial charge is 0.268 e. The number of alkyl halides is 3. The molecule has 13 heteroatoms. The Kier molecular flexibility index (Phi) is 5.14. The first-order valence-electron chi connectivity index (χ1n) is 7.62. The minimum atomic E-state index is -4.65. The molecule has 3 aromatic rings. The van der Waals surface area contributed by atoms with E-state index in [0.717, 1.165) is 4.68 Å². The molecule has 0 amide bonds. The molecule has 1 aromatic carbocycles. The number of hydrogen-bond donors (Lipinski definition) is 1. The van der Waals surface area contributed by atoms with Crippen molar-refractivity contribution >= 4 is 32.7 Å². The lowest BCUT2D eigenvalue weighted by Crippen LogP contribution is -2.26. The van der Waals surface area contributed by atoms with E-state index < -0.39 is 26.9 Å². The number of fused-ring (bicyclic) bond motifs is 1. The molecule has 0 saturated heterocycles. The predicted molar refractivity (Wildman–Crippen MR) is 88.6 cm³/mol. The average Bonchev–Trinajstić information content (AvgIpc) is 3.17. The zero-order chi connectivity index (χ0) is 19.8. The van der Waals surface area contributed by atoms with Gasteiger partial charge in [-0.15, -0.1) is 0 Å². The molecule has 0 unspecified atom stereocenters. The highest BCUT2D eigenvalue weighted by atomic mass is 35.5. The van der Waals surface area contributed by atoms with Crippen LogP contribution in [0, 0.1) is 6.92 Å². The molecule has 0 aliphatic heterocycles. The molecule has 0 aliphatic rings. The van der Waals surface area contributed by atoms with Crippen LogP contribution in [0.2, 0.25) is 5.02 Å². The van der Waals surface area contributed by atoms with E-state index in [1.807, 2.05) is 0 Å². The summed E-state index contributed by atoms with van der Waals surface area (Å²) < 4.78 is 71.2. The van der Waals surface area contributed by atoms with Crippen LogP contribution in [0.1, 0.15) is 17.8 Å². The molecule has 1 N–H and O–H groups in total. The predicted octanol–water partition coefficient (Wildman–Crippen LogP) is 2.77. The van der Waals surface area contributed by atoms with Gasteiger partial charge < -0.3 is 0 Å². The van der Waals surface area contributed by atoms with Crippen molar-refractivity contribution in [1.29, 1.82) is 0 Å². The molecule has 0 bridgehead atoms. The summed E-state index contributed by atoms with van der Waals surface area (Å²) in [5.41, 5.74) is -0.619. The molecular weight excluding hydrogens is 411 g/mol. The third kappa shape index (κ3) is 3.92. The lowest BCUT2D eigenvalue weighted by atomic mass is 10.3. The van der Waals surface area contributed by atoms with E-state index in [-0.39, 0.29) is 35.6 Å². The zero-order valence-electron chi connectivity index (χ0n) is 13.8. The highest BCUT2D eigenvalue weighted by molar-refractivity contribution is 7.89. The Labute approximate surface area is 156 Å². The first-order valence-corrected chi connectivity index (χ1v) is 9.48. The largest absolute Gasteiger partial charge is 0.436 e. The average molecular weight is 424 g/mol. The van der Waals surface area contributed by atoms with Crippen LogP contribution < -0.4 is 4.72 Å². The van der Waals surface area contributed by atoms with E-state index in [1.165, 1.54) is 19.1 Å². The number of aryl methyl sites for hydroxylation is 1. The second-order valence-electron chi connectivity index (χ2n) is 5.61. The fraction of sp³-hybridized carbons (Fsp3) is 0.357. The van der Waals surface area contributed by atoms with Crippen LogP contribution >= 0.6 is 11.6 Å². The molecule has 2 heterocycles. The molecule has 27 heavy (non-hydrogen) atoms. The molecule has 0 radical (unpaired) electrons. The maximum absolute atomic E-state index is 12.8. The van der Waals surface area contributed by atoms with Crippen molar-refractivity contribution in [2.45, 2.75) is 31.0 Å². The van der Waals surface area contributed by atoms with Gasteiger partial charge in [0.05, 0.1) is 10.7 Å². The lowest BCUT2D eigenvalue weighted by molar-refractivity contribution is -0.141. The summed E-state index contributed by atoms with van der Waals surface area (Å²) in [6.07, 6.45) is -4.46. The molecule has 146 valence electrons. The number of nitrogens with zero attached hydrogens (tertiary/aromatic N) is 4. The van der Waals surface area contributed by atoms with Crippen LogP contribution in [0.15, 0.2) is 27.7 Å². The second kappa shape index (κ2) is 7.09. The quantitative estimate of drug-likeness (QED) is 0.611. The van der Waals surface area contributed by atoms with E-state index in [4.69, 9.17) is 11.6 Å². The van der Waals surface area contributed by atoms with Gasteiger partial charge in [0.2, 0.25) is 10.0 Å². The van der Waals surface area contributed by atoms with Crippen molar-refractivity contribution in [2.75, 3.05) is 6.54 Å². The van der Waals surface area contributed by atoms with E-state index in [9.17, 15) is 21.6 Å². The molecule has 0 spiro atoms. The van der Waals surface area contributed by atoms with Crippen LogP contribution in [0.25, 0.3) is 11.0 Å². The highest BCUT2D eigenvalue weighted by Crippen LogP contribution is 2.35. The number of nitrogens with one attached hydrogen (secondary N) is 1. The van der Waals surface area contributed by atoms with Gasteiger partial charge in [-0.1, -0.05) is 17.7 Å². The maximum Gasteiger partial charge on any atom is 0.436 e. The molecule has 0 fully saturated rings. The van der Waals surface area contributed by atoms with E-state index in [2.05, 4.69) is 24.8 Å². The Morgan fingerprint density at radius 3 is 2.70 bits per heavy atom. The SMILES string of the molecule is Cc1c(Cl)c(C(F)(F)F)nn1CCCNS(=O)(=O)c1cccc2nonc12. The molecule has 2 aromatic heterocycles. The summed E-state index contributed by atoms with van der Waals surface area (Å²) >= 11 is 5.67. The Balaban J connectivity index is 1.66. The Bertz CT molecular complexity index is 1080. The van der Waals surface area contributed by atoms with Gasteiger partial charge in [0.15, 0.2) is 11.2 Å². The van der Waals surface area contributed by atoms with Crippen molar-refractivity contribution < 1.29 is 26.2 Å². The lowest BCUT2D eigenvalue weighted by Gasteiger charge is -2.08. The summed E-state index contributed by atoms with van der Waals surface area (Å²) in [7, 11) is -3.90. The Morgan fingerprint density at radius 1 is 1.30 bits per heavy atom. The summed E-state index contributed by atoms with van der Waals surface area (Å²) in [5.74, 6) is 0. The Hall–Kier alpha value is -2.18. The molecule has 0 aliphatic carbocycles. The third-order valence-corrected chi connectivity index (χ3v) is 5.72. The number of rotatable bonds is 6. The number of halogens is 4. The second-order valence-corrected chi connectivity index (χ2v) is 7.72. The van der Waals surface area contributed by atoms with Crippen LogP contribution in [0.5, 0.6) is 0 Å². The summed E-state index contributed by atoms with van der Waals surface area (Å²) in [5, 5.41) is 10.1. The first-order chi connectivity index (χ1) is 12.6. The summed E-state index contributed by atoms with van der Waals surface area (Å²) in [6.45, 7) is 1.44. The fourth-order valence-electron chi connectivity index (χ4n) is 2.43. The maximum atomic E-state index is 12.8. The van der Waals surface area contributed by atoms with Gasteiger partial charge in [0.25, 0.3) is 0 Å². The van der Waals surface area contributed by atoms with Crippen LogP contribution in [-0.2, 0) is 22.7 Å². The topological polar surface area (TPSA) is 103 Å². The monoisotopic (exact) mass is 423 g/mol. The Morgan fingerprint density at radius 2 is 2.04 bits per heavy atom. The first kappa shape index (κ1) is 19.6. The van der Waals surface area contributed by atoms with Crippen molar-refractivity contribution in [3.05, 3.63) is 34.6 Å². The van der Waals surface area contributed by atoms with Gasteiger partial charge >= 0.3 is 6.18 Å². The van der Waals surface area contributed by atoms with Gasteiger partial charge in [0.1, 0.15) is 10.4 Å². The molecule has 0 atom stereocenters. The van der Waals surface area contributed by atoms with Crippen molar-refractivity contribution in [1.82, 2.24) is 24.8 Å². The summed E-state index contributed by atoms with van der Waals surface area (Å²) in [6, 6.07) is 4.39. The zero-order valence-corrected chi connectivity index (χ0v) is 15.4. The van der Waals surface area contributed by atoms with Gasteiger partial charge in [-0.2, -0.15) is 18.3 Å². The van der Waals surface area contributed by atoms with E-state index in [1.54, 1.807) is 6.07 Å². The fourth-order valence-corrected chi connectivity index (χ4v) is 3.90. The van der Waals surface area contributed by atoms with Gasteiger partial charge in [0, 0.05) is 13.1 Å². The van der Waals surface area contributed by atoms with Crippen LogP contribution in [0.3, 0.4) is 0 Å². The number of benzene rings is 1. The van der Waals surface area contributed by atoms with Gasteiger partial charge in [-0.05, 0) is 35.8 Å². The van der Waals surface area contributed by atoms with E-state index in [0.29, 0.717) is 5.52 Å². The minimum absolute atomic E-state index is 0.0255. The third-order valence-electron chi connectivity index (χ3n) is 3.78. The number of aromatic nitrogens is 4. The highest BCUT2D eigenvalue weighted by Gasteiger charge is 2.38. The number of sulfonamides is 1. The molecular formula is C14H13ClF3N5O3S. The van der Waals surface area contributed by atoms with Crippen molar-refractivity contribution in [3.8, 4) is 0 Å². The molecule has 3 rings (SSSR count).